The van der Waals surface area contributed by atoms with Crippen molar-refractivity contribution in [2.75, 3.05) is 5.32 Å². The van der Waals surface area contributed by atoms with Crippen LogP contribution in [0.25, 0.3) is 0 Å². The van der Waals surface area contributed by atoms with Crippen molar-refractivity contribution in [2.24, 2.45) is 11.5 Å². The zero-order chi connectivity index (χ0) is 12.3. The number of carbonyl (C=O) groups excluding carboxylic acids is 2. The molecule has 1 aromatic rings. The van der Waals surface area contributed by atoms with Gasteiger partial charge in [-0.15, -0.1) is 0 Å². The van der Waals surface area contributed by atoms with Gasteiger partial charge in [-0.05, 0) is 25.1 Å². The Bertz CT molecular complexity index is 432. The van der Waals surface area contributed by atoms with Crippen LogP contribution in [-0.4, -0.2) is 17.9 Å². The lowest BCUT2D eigenvalue weighted by Gasteiger charge is -2.10. The summed E-state index contributed by atoms with van der Waals surface area (Å²) < 4.78 is 0. The van der Waals surface area contributed by atoms with Gasteiger partial charge < -0.3 is 16.8 Å². The van der Waals surface area contributed by atoms with Crippen molar-refractivity contribution in [3.63, 3.8) is 0 Å². The molecule has 0 aliphatic heterocycles. The van der Waals surface area contributed by atoms with E-state index in [1.807, 2.05) is 0 Å². The molecule has 0 bridgehead atoms. The molecule has 0 fully saturated rings. The average molecular weight is 242 g/mol. The van der Waals surface area contributed by atoms with Crippen LogP contribution >= 0.6 is 11.6 Å². The lowest BCUT2D eigenvalue weighted by atomic mass is 10.2. The van der Waals surface area contributed by atoms with Gasteiger partial charge in [0.05, 0.1) is 16.8 Å². The molecule has 1 rings (SSSR count). The maximum absolute atomic E-state index is 11.3. The fraction of sp³-hybridized carbons (Fsp3) is 0.200. The monoisotopic (exact) mass is 241 g/mol. The minimum atomic E-state index is -0.659. The molecule has 0 unspecified atom stereocenters. The summed E-state index contributed by atoms with van der Waals surface area (Å²) in [6, 6.07) is 3.71. The van der Waals surface area contributed by atoms with Crippen LogP contribution in [0.15, 0.2) is 18.2 Å². The van der Waals surface area contributed by atoms with E-state index < -0.39 is 11.9 Å². The smallest absolute Gasteiger partial charge is 0.248 e. The van der Waals surface area contributed by atoms with Crippen molar-refractivity contribution >= 4 is 29.1 Å². The van der Waals surface area contributed by atoms with E-state index in [0.29, 0.717) is 10.7 Å². The van der Waals surface area contributed by atoms with E-state index in [-0.39, 0.29) is 11.5 Å². The Labute approximate surface area is 97.7 Å². The lowest BCUT2D eigenvalue weighted by molar-refractivity contribution is -0.117. The SMILES string of the molecule is C[C@@H](N)C(=O)Nc1cc(C(N)=O)ccc1Cl. The van der Waals surface area contributed by atoms with Crippen LogP contribution in [0, 0.1) is 0 Å². The molecule has 5 nitrogen and oxygen atoms in total. The van der Waals surface area contributed by atoms with Crippen molar-refractivity contribution in [1.82, 2.24) is 0 Å². The summed E-state index contributed by atoms with van der Waals surface area (Å²) in [7, 11) is 0. The van der Waals surface area contributed by atoms with Crippen LogP contribution < -0.4 is 16.8 Å². The molecule has 0 radical (unpaired) electrons. The van der Waals surface area contributed by atoms with Crippen molar-refractivity contribution in [3.8, 4) is 0 Å². The molecule has 1 atom stereocenters. The van der Waals surface area contributed by atoms with Gasteiger partial charge in [-0.1, -0.05) is 11.6 Å². The Kier molecular flexibility index (Phi) is 3.87. The Hall–Kier alpha value is -1.59. The second kappa shape index (κ2) is 4.96. The second-order valence-electron chi connectivity index (χ2n) is 3.34. The highest BCUT2D eigenvalue weighted by Gasteiger charge is 2.11. The molecule has 0 aliphatic rings. The van der Waals surface area contributed by atoms with Gasteiger partial charge >= 0.3 is 0 Å². The molecule has 5 N–H and O–H groups in total. The number of hydrogen-bond acceptors (Lipinski definition) is 3. The predicted octanol–water partition coefficient (Wildman–Crippen LogP) is 0.725. The van der Waals surface area contributed by atoms with Crippen LogP contribution in [0.5, 0.6) is 0 Å². The third-order valence-electron chi connectivity index (χ3n) is 1.92. The highest BCUT2D eigenvalue weighted by molar-refractivity contribution is 6.34. The molecule has 0 saturated heterocycles. The largest absolute Gasteiger partial charge is 0.366 e. The number of anilines is 1. The molecule has 86 valence electrons. The lowest BCUT2D eigenvalue weighted by Crippen LogP contribution is -2.32. The molecule has 0 aliphatic carbocycles. The number of primary amides is 1. The summed E-state index contributed by atoms with van der Waals surface area (Å²) in [6.45, 7) is 1.54. The highest BCUT2D eigenvalue weighted by atomic mass is 35.5. The molecule has 2 amide bonds. The first-order valence-corrected chi connectivity index (χ1v) is 4.95. The van der Waals surface area contributed by atoms with Crippen LogP contribution in [0.4, 0.5) is 5.69 Å². The van der Waals surface area contributed by atoms with Gasteiger partial charge in [-0.2, -0.15) is 0 Å². The standard InChI is InChI=1S/C10H12ClN3O2/c1-5(12)10(16)14-8-4-6(9(13)15)2-3-7(8)11/h2-5H,12H2,1H3,(H2,13,15)(H,14,16)/t5-/m1/s1. The van der Waals surface area contributed by atoms with Crippen LogP contribution in [0.1, 0.15) is 17.3 Å². The Morgan fingerprint density at radius 1 is 1.44 bits per heavy atom. The normalized spacial score (nSPS) is 11.9. The van der Waals surface area contributed by atoms with Gasteiger partial charge in [-0.25, -0.2) is 0 Å². The molecule has 0 spiro atoms. The Balaban J connectivity index is 2.99. The number of nitrogens with one attached hydrogen (secondary N) is 1. The minimum Gasteiger partial charge on any atom is -0.366 e. The Morgan fingerprint density at radius 2 is 2.06 bits per heavy atom. The number of halogens is 1. The van der Waals surface area contributed by atoms with Gasteiger partial charge in [0.1, 0.15) is 0 Å². The summed E-state index contributed by atoms with van der Waals surface area (Å²) >= 11 is 5.84. The third-order valence-corrected chi connectivity index (χ3v) is 2.25. The van der Waals surface area contributed by atoms with Gasteiger partial charge in [-0.3, -0.25) is 9.59 Å². The second-order valence-corrected chi connectivity index (χ2v) is 3.74. The maximum Gasteiger partial charge on any atom is 0.248 e. The molecular formula is C10H12ClN3O2. The van der Waals surface area contributed by atoms with Crippen LogP contribution in [-0.2, 0) is 4.79 Å². The molecule has 1 aromatic carbocycles. The first kappa shape index (κ1) is 12.5. The first-order valence-electron chi connectivity index (χ1n) is 4.57. The molecule has 0 aromatic heterocycles. The van der Waals surface area contributed by atoms with Gasteiger partial charge in [0, 0.05) is 5.56 Å². The highest BCUT2D eigenvalue weighted by Crippen LogP contribution is 2.22. The number of carbonyl (C=O) groups is 2. The Morgan fingerprint density at radius 3 is 2.56 bits per heavy atom. The number of rotatable bonds is 3. The van der Waals surface area contributed by atoms with Crippen LogP contribution in [0.2, 0.25) is 5.02 Å². The van der Waals surface area contributed by atoms with E-state index in [9.17, 15) is 9.59 Å². The molecule has 6 heteroatoms. The summed E-state index contributed by atoms with van der Waals surface area (Å²) in [5, 5.41) is 2.82. The van der Waals surface area contributed by atoms with E-state index >= 15 is 0 Å². The fourth-order valence-electron chi connectivity index (χ4n) is 1.02. The summed E-state index contributed by atoms with van der Waals surface area (Å²) in [4.78, 5) is 22.3. The average Bonchev–Trinajstić information content (AvgIpc) is 2.20. The number of amides is 2. The zero-order valence-electron chi connectivity index (χ0n) is 8.66. The van der Waals surface area contributed by atoms with Gasteiger partial charge in [0.25, 0.3) is 0 Å². The van der Waals surface area contributed by atoms with E-state index in [4.69, 9.17) is 23.1 Å². The summed E-state index contributed by atoms with van der Waals surface area (Å²) in [5.74, 6) is -0.975. The molecule has 0 saturated carbocycles. The topological polar surface area (TPSA) is 98.2 Å². The summed E-state index contributed by atoms with van der Waals surface area (Å²) in [6.07, 6.45) is 0. The van der Waals surface area contributed by atoms with Gasteiger partial charge in [0.15, 0.2) is 0 Å². The quantitative estimate of drug-likeness (QED) is 0.727. The van der Waals surface area contributed by atoms with E-state index in [1.165, 1.54) is 18.2 Å². The maximum atomic E-state index is 11.3. The van der Waals surface area contributed by atoms with Gasteiger partial charge in [0.2, 0.25) is 11.8 Å². The molecule has 16 heavy (non-hydrogen) atoms. The van der Waals surface area contributed by atoms with Crippen molar-refractivity contribution < 1.29 is 9.59 Å². The van der Waals surface area contributed by atoms with E-state index in [1.54, 1.807) is 6.92 Å². The number of benzene rings is 1. The molecular weight excluding hydrogens is 230 g/mol. The van der Waals surface area contributed by atoms with E-state index in [2.05, 4.69) is 5.32 Å². The summed E-state index contributed by atoms with van der Waals surface area (Å²) in [5.41, 5.74) is 11.1. The van der Waals surface area contributed by atoms with E-state index in [0.717, 1.165) is 0 Å². The third kappa shape index (κ3) is 2.95. The van der Waals surface area contributed by atoms with Crippen molar-refractivity contribution in [2.45, 2.75) is 13.0 Å². The predicted molar refractivity (Wildman–Crippen MR) is 62.2 cm³/mol. The van der Waals surface area contributed by atoms with Crippen LogP contribution in [0.3, 0.4) is 0 Å². The first-order chi connectivity index (χ1) is 7.41. The molecule has 0 heterocycles. The van der Waals surface area contributed by atoms with Crippen molar-refractivity contribution in [3.05, 3.63) is 28.8 Å². The van der Waals surface area contributed by atoms with Crippen molar-refractivity contribution in [1.29, 1.82) is 0 Å². The zero-order valence-corrected chi connectivity index (χ0v) is 9.41. The fourth-order valence-corrected chi connectivity index (χ4v) is 1.19. The number of nitrogens with two attached hydrogens (primary N) is 2. The minimum absolute atomic E-state index is 0.268. The number of hydrogen-bond donors (Lipinski definition) is 3.